The second kappa shape index (κ2) is 6.54. The molecule has 0 aliphatic heterocycles. The molecular formula is C15H15ClN2O3. The maximum absolute atomic E-state index is 12.3. The van der Waals surface area contributed by atoms with Crippen molar-refractivity contribution >= 4 is 34.4 Å². The highest BCUT2D eigenvalue weighted by Crippen LogP contribution is 2.20. The molecule has 6 heteroatoms. The minimum atomic E-state index is -0.921. The lowest BCUT2D eigenvalue weighted by molar-refractivity contribution is -0.141. The second-order valence-corrected chi connectivity index (χ2v) is 5.05. The molecule has 2 rings (SSSR count). The first-order valence-corrected chi connectivity index (χ1v) is 6.97. The Bertz CT molecular complexity index is 688. The Labute approximate surface area is 126 Å². The summed E-state index contributed by atoms with van der Waals surface area (Å²) in [6, 6.07) is 8.65. The summed E-state index contributed by atoms with van der Waals surface area (Å²) in [5.41, 5.74) is 1.02. The fraction of sp³-hybridized carbons (Fsp3) is 0.267. The van der Waals surface area contributed by atoms with Gasteiger partial charge in [-0.2, -0.15) is 0 Å². The van der Waals surface area contributed by atoms with E-state index in [9.17, 15) is 9.59 Å². The lowest BCUT2D eigenvalue weighted by Crippen LogP contribution is -2.32. The Kier molecular flexibility index (Phi) is 4.75. The van der Waals surface area contributed by atoms with Gasteiger partial charge in [-0.1, -0.05) is 36.7 Å². The van der Waals surface area contributed by atoms with Crippen molar-refractivity contribution in [2.24, 2.45) is 5.92 Å². The topological polar surface area (TPSA) is 79.3 Å². The molecule has 0 bridgehead atoms. The zero-order valence-corrected chi connectivity index (χ0v) is 12.2. The van der Waals surface area contributed by atoms with Crippen molar-refractivity contribution in [1.82, 2.24) is 10.3 Å². The molecular weight excluding hydrogens is 292 g/mol. The molecule has 0 saturated heterocycles. The molecule has 1 atom stereocenters. The van der Waals surface area contributed by atoms with Crippen molar-refractivity contribution in [3.63, 3.8) is 0 Å². The van der Waals surface area contributed by atoms with Gasteiger partial charge in [-0.05, 0) is 18.6 Å². The largest absolute Gasteiger partial charge is 0.481 e. The van der Waals surface area contributed by atoms with Crippen LogP contribution in [-0.2, 0) is 4.79 Å². The molecule has 0 aliphatic carbocycles. The van der Waals surface area contributed by atoms with Crippen molar-refractivity contribution in [2.75, 3.05) is 6.54 Å². The van der Waals surface area contributed by atoms with Gasteiger partial charge < -0.3 is 10.4 Å². The molecule has 0 spiro atoms. The Hall–Kier alpha value is -2.14. The van der Waals surface area contributed by atoms with E-state index in [2.05, 4.69) is 10.3 Å². The third-order valence-corrected chi connectivity index (χ3v) is 3.47. The molecule has 1 aromatic heterocycles. The van der Waals surface area contributed by atoms with Crippen LogP contribution in [0.1, 0.15) is 23.7 Å². The van der Waals surface area contributed by atoms with Crippen LogP contribution in [-0.4, -0.2) is 28.5 Å². The molecule has 0 aliphatic rings. The molecule has 110 valence electrons. The molecule has 2 aromatic rings. The van der Waals surface area contributed by atoms with Crippen molar-refractivity contribution in [2.45, 2.75) is 13.3 Å². The van der Waals surface area contributed by atoms with Gasteiger partial charge in [0.15, 0.2) is 0 Å². The number of hydrogen-bond donors (Lipinski definition) is 2. The first-order valence-electron chi connectivity index (χ1n) is 6.59. The maximum Gasteiger partial charge on any atom is 0.308 e. The van der Waals surface area contributed by atoms with Crippen LogP contribution in [0.4, 0.5) is 0 Å². The van der Waals surface area contributed by atoms with Gasteiger partial charge in [0.1, 0.15) is 5.15 Å². The highest BCUT2D eigenvalue weighted by atomic mass is 35.5. The van der Waals surface area contributed by atoms with Crippen LogP contribution in [0.5, 0.6) is 0 Å². The molecule has 5 nitrogen and oxygen atoms in total. The fourth-order valence-electron chi connectivity index (χ4n) is 2.05. The number of benzene rings is 1. The van der Waals surface area contributed by atoms with Crippen LogP contribution >= 0.6 is 11.6 Å². The lowest BCUT2D eigenvalue weighted by atomic mass is 10.1. The summed E-state index contributed by atoms with van der Waals surface area (Å²) in [5, 5.41) is 12.5. The number of aromatic nitrogens is 1. The SMILES string of the molecule is CCC(CNC(=O)c1cc(Cl)nc2ccccc12)C(=O)O. The van der Waals surface area contributed by atoms with Gasteiger partial charge >= 0.3 is 5.97 Å². The Morgan fingerprint density at radius 2 is 2.10 bits per heavy atom. The second-order valence-electron chi connectivity index (χ2n) is 4.66. The number of carbonyl (C=O) groups excluding carboxylic acids is 1. The number of halogens is 1. The number of carbonyl (C=O) groups is 2. The minimum Gasteiger partial charge on any atom is -0.481 e. The third kappa shape index (κ3) is 3.49. The van der Waals surface area contributed by atoms with E-state index in [1.165, 1.54) is 6.07 Å². The van der Waals surface area contributed by atoms with Gasteiger partial charge in [0.25, 0.3) is 5.91 Å². The maximum atomic E-state index is 12.3. The van der Waals surface area contributed by atoms with E-state index < -0.39 is 11.9 Å². The number of nitrogens with zero attached hydrogens (tertiary/aromatic N) is 1. The predicted molar refractivity (Wildman–Crippen MR) is 80.5 cm³/mol. The number of hydrogen-bond acceptors (Lipinski definition) is 3. The van der Waals surface area contributed by atoms with Crippen LogP contribution < -0.4 is 5.32 Å². The van der Waals surface area contributed by atoms with E-state index in [1.807, 2.05) is 6.07 Å². The zero-order valence-electron chi connectivity index (χ0n) is 11.5. The van der Waals surface area contributed by atoms with Gasteiger partial charge in [0, 0.05) is 11.9 Å². The molecule has 1 amide bonds. The zero-order chi connectivity index (χ0) is 15.4. The number of nitrogens with one attached hydrogen (secondary N) is 1. The van der Waals surface area contributed by atoms with Gasteiger partial charge in [-0.15, -0.1) is 0 Å². The first-order chi connectivity index (χ1) is 10.0. The number of para-hydroxylation sites is 1. The van der Waals surface area contributed by atoms with Crippen LogP contribution in [0.25, 0.3) is 10.9 Å². The van der Waals surface area contributed by atoms with Crippen molar-refractivity contribution in [3.8, 4) is 0 Å². The molecule has 1 aromatic carbocycles. The number of carboxylic acid groups (broad SMARTS) is 1. The van der Waals surface area contributed by atoms with E-state index in [-0.39, 0.29) is 17.6 Å². The van der Waals surface area contributed by atoms with E-state index in [0.29, 0.717) is 22.9 Å². The third-order valence-electron chi connectivity index (χ3n) is 3.28. The predicted octanol–water partition coefficient (Wildman–Crippen LogP) is 2.73. The standard InChI is InChI=1S/C15H15ClN2O3/c1-2-9(15(20)21)8-17-14(19)11-7-13(16)18-12-6-4-3-5-10(11)12/h3-7,9H,2,8H2,1H3,(H,17,19)(H,20,21). The van der Waals surface area contributed by atoms with Crippen molar-refractivity contribution in [1.29, 1.82) is 0 Å². The number of fused-ring (bicyclic) bond motifs is 1. The average molecular weight is 307 g/mol. The van der Waals surface area contributed by atoms with Gasteiger partial charge in [-0.25, -0.2) is 4.98 Å². The highest BCUT2D eigenvalue weighted by molar-refractivity contribution is 6.30. The van der Waals surface area contributed by atoms with Crippen LogP contribution in [0, 0.1) is 5.92 Å². The highest BCUT2D eigenvalue weighted by Gasteiger charge is 2.18. The first kappa shape index (κ1) is 15.3. The van der Waals surface area contributed by atoms with Gasteiger partial charge in [0.05, 0.1) is 17.0 Å². The molecule has 1 unspecified atom stereocenters. The summed E-state index contributed by atoms with van der Waals surface area (Å²) in [6.07, 6.45) is 0.452. The van der Waals surface area contributed by atoms with Crippen molar-refractivity contribution < 1.29 is 14.7 Å². The van der Waals surface area contributed by atoms with E-state index in [0.717, 1.165) is 0 Å². The molecule has 0 saturated carbocycles. The average Bonchev–Trinajstić information content (AvgIpc) is 2.46. The summed E-state index contributed by atoms with van der Waals surface area (Å²) >= 11 is 5.92. The summed E-state index contributed by atoms with van der Waals surface area (Å²) in [4.78, 5) is 27.4. The van der Waals surface area contributed by atoms with Crippen LogP contribution in [0.2, 0.25) is 5.15 Å². The van der Waals surface area contributed by atoms with Crippen LogP contribution in [0.3, 0.4) is 0 Å². The smallest absolute Gasteiger partial charge is 0.308 e. The molecule has 0 fully saturated rings. The van der Waals surface area contributed by atoms with Gasteiger partial charge in [0.2, 0.25) is 0 Å². The Balaban J connectivity index is 2.25. The minimum absolute atomic E-state index is 0.0823. The van der Waals surface area contributed by atoms with Gasteiger partial charge in [-0.3, -0.25) is 9.59 Å². The molecule has 0 radical (unpaired) electrons. The number of amides is 1. The summed E-state index contributed by atoms with van der Waals surface area (Å²) in [7, 11) is 0. The lowest BCUT2D eigenvalue weighted by Gasteiger charge is -2.12. The number of rotatable bonds is 5. The number of carboxylic acids is 1. The summed E-state index contributed by atoms with van der Waals surface area (Å²) in [5.74, 6) is -1.87. The van der Waals surface area contributed by atoms with E-state index in [4.69, 9.17) is 16.7 Å². The monoisotopic (exact) mass is 306 g/mol. The molecule has 21 heavy (non-hydrogen) atoms. The van der Waals surface area contributed by atoms with E-state index in [1.54, 1.807) is 25.1 Å². The van der Waals surface area contributed by atoms with E-state index >= 15 is 0 Å². The Morgan fingerprint density at radius 1 is 1.38 bits per heavy atom. The van der Waals surface area contributed by atoms with Crippen molar-refractivity contribution in [3.05, 3.63) is 41.0 Å². The normalized spacial score (nSPS) is 12.1. The molecule has 2 N–H and O–H groups in total. The Morgan fingerprint density at radius 3 is 2.76 bits per heavy atom. The van der Waals surface area contributed by atoms with Crippen LogP contribution in [0.15, 0.2) is 30.3 Å². The fourth-order valence-corrected chi connectivity index (χ4v) is 2.25. The summed E-state index contributed by atoms with van der Waals surface area (Å²) in [6.45, 7) is 1.85. The number of aliphatic carboxylic acids is 1. The molecule has 1 heterocycles. The number of pyridine rings is 1. The summed E-state index contributed by atoms with van der Waals surface area (Å²) < 4.78 is 0. The quantitative estimate of drug-likeness (QED) is 0.832.